The zero-order valence-electron chi connectivity index (χ0n) is 23.2. The quantitative estimate of drug-likeness (QED) is 0.146. The van der Waals surface area contributed by atoms with Crippen LogP contribution in [0.25, 0.3) is 4.85 Å². The second kappa shape index (κ2) is 14.0. The van der Waals surface area contributed by atoms with E-state index in [9.17, 15) is 4.79 Å². The number of H-pyrrole nitrogens is 1. The maximum absolute atomic E-state index is 12.7. The molecule has 1 aliphatic heterocycles. The van der Waals surface area contributed by atoms with E-state index in [0.717, 1.165) is 30.9 Å². The van der Waals surface area contributed by atoms with Gasteiger partial charge in [0.1, 0.15) is 6.04 Å². The normalized spacial score (nSPS) is 14.0. The first-order valence-electron chi connectivity index (χ1n) is 13.7. The van der Waals surface area contributed by atoms with Gasteiger partial charge in [0.15, 0.2) is 11.5 Å². The number of likely N-dealkylation sites (tertiary alicyclic amines) is 1. The van der Waals surface area contributed by atoms with Crippen LogP contribution in [0.4, 0.5) is 29.2 Å². The molecule has 4 aromatic rings. The number of tetrazole rings is 1. The molecule has 0 amide bonds. The zero-order valence-corrected chi connectivity index (χ0v) is 23.2. The predicted molar refractivity (Wildman–Crippen MR) is 156 cm³/mol. The molecule has 216 valence electrons. The van der Waals surface area contributed by atoms with Crippen molar-refractivity contribution in [2.75, 3.05) is 36.1 Å². The number of nitrogens with zero attached hydrogens (tertiary/aromatic N) is 8. The number of aromatic amines is 1. The second-order valence-corrected chi connectivity index (χ2v) is 9.85. The van der Waals surface area contributed by atoms with Gasteiger partial charge >= 0.3 is 5.97 Å². The summed E-state index contributed by atoms with van der Waals surface area (Å²) in [6.07, 6.45) is 4.06. The van der Waals surface area contributed by atoms with E-state index in [-0.39, 0.29) is 24.4 Å². The van der Waals surface area contributed by atoms with Gasteiger partial charge in [-0.05, 0) is 49.2 Å². The molecule has 1 fully saturated rings. The fraction of sp³-hybridized carbons (Fsp3) is 0.357. The number of rotatable bonds is 12. The van der Waals surface area contributed by atoms with Gasteiger partial charge < -0.3 is 20.7 Å². The summed E-state index contributed by atoms with van der Waals surface area (Å²) in [5, 5.41) is 23.3. The molecule has 0 spiro atoms. The van der Waals surface area contributed by atoms with Crippen LogP contribution in [-0.4, -0.2) is 72.7 Å². The molecule has 14 heteroatoms. The van der Waals surface area contributed by atoms with Gasteiger partial charge in [0.2, 0.25) is 17.8 Å². The zero-order chi connectivity index (χ0) is 29.1. The Morgan fingerprint density at radius 1 is 1.05 bits per heavy atom. The number of aromatic nitrogens is 7. The largest absolute Gasteiger partial charge is 0.467 e. The van der Waals surface area contributed by atoms with E-state index >= 15 is 0 Å². The lowest BCUT2D eigenvalue weighted by Gasteiger charge is -2.26. The second-order valence-electron chi connectivity index (χ2n) is 9.85. The molecule has 1 saturated heterocycles. The minimum Gasteiger partial charge on any atom is -0.467 e. The van der Waals surface area contributed by atoms with Crippen molar-refractivity contribution in [1.82, 2.24) is 40.5 Å². The number of piperidine rings is 1. The average molecular weight is 569 g/mol. The van der Waals surface area contributed by atoms with Crippen LogP contribution in [0.2, 0.25) is 0 Å². The highest BCUT2D eigenvalue weighted by molar-refractivity contribution is 5.79. The topological polar surface area (TPSA) is 163 Å². The Balaban J connectivity index is 1.37. The molecule has 1 atom stereocenters. The van der Waals surface area contributed by atoms with Crippen molar-refractivity contribution in [3.63, 3.8) is 0 Å². The maximum atomic E-state index is 12.7. The SMILES string of the molecule is [C-]#[N+]c1ccc(C[C@H](Nc2nc(NCc3nn[nH]n3)nc(Nc3cccc(CN4CCCCC4)c3)n2)C(=O)OC)cc1. The van der Waals surface area contributed by atoms with Gasteiger partial charge in [-0.1, -0.05) is 48.0 Å². The van der Waals surface area contributed by atoms with Gasteiger partial charge in [0.05, 0.1) is 20.2 Å². The lowest BCUT2D eigenvalue weighted by atomic mass is 10.1. The minimum atomic E-state index is -0.790. The monoisotopic (exact) mass is 568 g/mol. The number of esters is 1. The molecule has 2 aromatic carbocycles. The first-order valence-corrected chi connectivity index (χ1v) is 13.7. The van der Waals surface area contributed by atoms with E-state index < -0.39 is 12.0 Å². The molecule has 0 radical (unpaired) electrons. The van der Waals surface area contributed by atoms with Crippen molar-refractivity contribution in [3.8, 4) is 0 Å². The van der Waals surface area contributed by atoms with Gasteiger partial charge in [-0.25, -0.2) is 9.64 Å². The summed E-state index contributed by atoms with van der Waals surface area (Å²) in [7, 11) is 1.33. The number of ether oxygens (including phenoxy) is 1. The minimum absolute atomic E-state index is 0.167. The number of hydrogen-bond acceptors (Lipinski definition) is 12. The molecular weight excluding hydrogens is 536 g/mol. The molecule has 3 heterocycles. The van der Waals surface area contributed by atoms with Crippen LogP contribution < -0.4 is 16.0 Å². The van der Waals surface area contributed by atoms with Crippen molar-refractivity contribution in [1.29, 1.82) is 0 Å². The summed E-state index contributed by atoms with van der Waals surface area (Å²) < 4.78 is 5.05. The van der Waals surface area contributed by atoms with Gasteiger partial charge in [-0.15, -0.1) is 10.2 Å². The third-order valence-electron chi connectivity index (χ3n) is 6.76. The number of anilines is 4. The van der Waals surface area contributed by atoms with Crippen LogP contribution in [0, 0.1) is 6.57 Å². The Hall–Kier alpha value is -5.16. The molecular formula is C28H32N12O2. The van der Waals surface area contributed by atoms with Crippen LogP contribution in [0.1, 0.15) is 36.2 Å². The van der Waals surface area contributed by atoms with E-state index in [2.05, 4.69) is 73.4 Å². The Morgan fingerprint density at radius 3 is 2.57 bits per heavy atom. The summed E-state index contributed by atoms with van der Waals surface area (Å²) in [4.78, 5) is 32.2. The Labute approximate surface area is 243 Å². The highest BCUT2D eigenvalue weighted by Crippen LogP contribution is 2.21. The third kappa shape index (κ3) is 7.95. The summed E-state index contributed by atoms with van der Waals surface area (Å²) in [5.74, 6) is 0.643. The molecule has 14 nitrogen and oxygen atoms in total. The van der Waals surface area contributed by atoms with Crippen molar-refractivity contribution >= 4 is 35.2 Å². The maximum Gasteiger partial charge on any atom is 0.328 e. The molecule has 2 aromatic heterocycles. The van der Waals surface area contributed by atoms with Gasteiger partial charge in [-0.3, -0.25) is 4.90 Å². The summed E-state index contributed by atoms with van der Waals surface area (Å²) >= 11 is 0. The van der Waals surface area contributed by atoms with Crippen LogP contribution in [0.5, 0.6) is 0 Å². The summed E-state index contributed by atoms with van der Waals surface area (Å²) in [5.41, 5.74) is 3.39. The van der Waals surface area contributed by atoms with E-state index in [1.54, 1.807) is 24.3 Å². The molecule has 0 bridgehead atoms. The highest BCUT2D eigenvalue weighted by Gasteiger charge is 2.22. The Morgan fingerprint density at radius 2 is 1.83 bits per heavy atom. The van der Waals surface area contributed by atoms with Crippen molar-refractivity contribution in [3.05, 3.63) is 76.9 Å². The van der Waals surface area contributed by atoms with Crippen molar-refractivity contribution < 1.29 is 9.53 Å². The Bertz CT molecular complexity index is 1500. The van der Waals surface area contributed by atoms with Gasteiger partial charge in [0.25, 0.3) is 0 Å². The Kier molecular flexibility index (Phi) is 9.42. The average Bonchev–Trinajstić information content (AvgIpc) is 3.54. The van der Waals surface area contributed by atoms with E-state index in [1.165, 1.54) is 31.9 Å². The number of nitrogens with one attached hydrogen (secondary N) is 4. The highest BCUT2D eigenvalue weighted by atomic mass is 16.5. The predicted octanol–water partition coefficient (Wildman–Crippen LogP) is 3.47. The van der Waals surface area contributed by atoms with E-state index in [0.29, 0.717) is 17.9 Å². The fourth-order valence-electron chi connectivity index (χ4n) is 4.68. The third-order valence-corrected chi connectivity index (χ3v) is 6.76. The molecule has 42 heavy (non-hydrogen) atoms. The number of carbonyl (C=O) groups is 1. The lowest BCUT2D eigenvalue weighted by molar-refractivity contribution is -0.141. The number of methoxy groups -OCH3 is 1. The summed E-state index contributed by atoms with van der Waals surface area (Å²) in [6, 6.07) is 14.4. The van der Waals surface area contributed by atoms with E-state index in [4.69, 9.17) is 11.3 Å². The van der Waals surface area contributed by atoms with Crippen LogP contribution in [0.15, 0.2) is 48.5 Å². The van der Waals surface area contributed by atoms with Crippen molar-refractivity contribution in [2.24, 2.45) is 0 Å². The molecule has 4 N–H and O–H groups in total. The van der Waals surface area contributed by atoms with Crippen LogP contribution in [0.3, 0.4) is 0 Å². The number of hydrogen-bond donors (Lipinski definition) is 4. The molecule has 1 aliphatic rings. The molecule has 5 rings (SSSR count). The molecule has 0 aliphatic carbocycles. The van der Waals surface area contributed by atoms with Gasteiger partial charge in [0, 0.05) is 18.7 Å². The summed E-state index contributed by atoms with van der Waals surface area (Å²) in [6.45, 7) is 10.5. The molecule has 0 saturated carbocycles. The first-order chi connectivity index (χ1) is 20.6. The number of benzene rings is 2. The van der Waals surface area contributed by atoms with Gasteiger partial charge in [-0.2, -0.15) is 20.2 Å². The standard InChI is InChI=1S/C28H32N12O2/c1-29-21-11-9-19(10-12-21)16-23(25(41)42-2)32-28-34-26(30-17-24-36-38-39-37-24)33-27(35-28)31-22-8-6-7-20(15-22)18-40-13-4-3-5-14-40/h6-12,15,23H,3-5,13-14,16-18H2,2H3,(H,36,37,38,39)(H3,30,31,32,33,34,35)/t23-/m0/s1. The first kappa shape index (κ1) is 28.4. The fourth-order valence-corrected chi connectivity index (χ4v) is 4.68. The smallest absolute Gasteiger partial charge is 0.328 e. The number of carbonyl (C=O) groups excluding carboxylic acids is 1. The molecule has 0 unspecified atom stereocenters. The van der Waals surface area contributed by atoms with E-state index in [1.807, 2.05) is 12.1 Å². The lowest BCUT2D eigenvalue weighted by Crippen LogP contribution is -2.33. The van der Waals surface area contributed by atoms with Crippen LogP contribution in [-0.2, 0) is 29.0 Å². The van der Waals surface area contributed by atoms with Crippen LogP contribution >= 0.6 is 0 Å². The van der Waals surface area contributed by atoms with Crippen molar-refractivity contribution in [2.45, 2.75) is 44.8 Å².